The van der Waals surface area contributed by atoms with Gasteiger partial charge in [-0.15, -0.1) is 0 Å². The average molecular weight is 137 g/mol. The third-order valence-corrected chi connectivity index (χ3v) is 1.90. The zero-order valence-electron chi connectivity index (χ0n) is 5.22. The van der Waals surface area contributed by atoms with Gasteiger partial charge in [0.15, 0.2) is 0 Å². The van der Waals surface area contributed by atoms with Crippen molar-refractivity contribution in [3.05, 3.63) is 22.6 Å². The lowest BCUT2D eigenvalue weighted by atomic mass is 9.95. The van der Waals surface area contributed by atoms with Crippen LogP contribution in [0.3, 0.4) is 0 Å². The number of thiocyanates is 1. The molecule has 0 unspecified atom stereocenters. The molecule has 0 fully saturated rings. The Bertz CT molecular complexity index is 207. The van der Waals surface area contributed by atoms with Crippen LogP contribution in [-0.4, -0.2) is 0 Å². The molecule has 0 saturated carbocycles. The number of nitriles is 1. The first-order valence-electron chi connectivity index (χ1n) is 2.75. The van der Waals surface area contributed by atoms with Gasteiger partial charge in [0.25, 0.3) is 0 Å². The molecule has 0 bridgehead atoms. The standard InChI is InChI=1S/C7H7NS/c1-6-2-3-7(6)4-9-5-8/h2,4H,3H2,1H3/b7-4+. The van der Waals surface area contributed by atoms with E-state index < -0.39 is 0 Å². The SMILES string of the molecule is CC1=CC/C1=C\SC#N. The van der Waals surface area contributed by atoms with Gasteiger partial charge < -0.3 is 0 Å². The maximum Gasteiger partial charge on any atom is 0.137 e. The molecule has 0 aromatic heterocycles. The van der Waals surface area contributed by atoms with E-state index in [1.165, 1.54) is 22.9 Å². The van der Waals surface area contributed by atoms with Crippen molar-refractivity contribution in [3.8, 4) is 5.40 Å². The molecule has 2 heteroatoms. The maximum absolute atomic E-state index is 8.17. The molecular weight excluding hydrogens is 130 g/mol. The Labute approximate surface area is 59.1 Å². The Kier molecular flexibility index (Phi) is 1.96. The second-order valence-electron chi connectivity index (χ2n) is 1.94. The molecule has 0 aromatic carbocycles. The quantitative estimate of drug-likeness (QED) is 0.518. The van der Waals surface area contributed by atoms with Crippen molar-refractivity contribution in [2.45, 2.75) is 13.3 Å². The summed E-state index contributed by atoms with van der Waals surface area (Å²) in [7, 11) is 0. The van der Waals surface area contributed by atoms with E-state index in [-0.39, 0.29) is 0 Å². The van der Waals surface area contributed by atoms with Crippen LogP contribution in [0.25, 0.3) is 0 Å². The van der Waals surface area contributed by atoms with Crippen LogP contribution in [0.1, 0.15) is 13.3 Å². The summed E-state index contributed by atoms with van der Waals surface area (Å²) in [4.78, 5) is 0. The molecule has 0 atom stereocenters. The van der Waals surface area contributed by atoms with Crippen LogP contribution in [0, 0.1) is 10.7 Å². The Morgan fingerprint density at radius 3 is 3.00 bits per heavy atom. The molecule has 1 nitrogen and oxygen atoms in total. The number of thioether (sulfide) groups is 1. The molecule has 1 aliphatic rings. The van der Waals surface area contributed by atoms with Gasteiger partial charge in [0.05, 0.1) is 0 Å². The molecule has 1 aliphatic carbocycles. The summed E-state index contributed by atoms with van der Waals surface area (Å²) >= 11 is 1.20. The summed E-state index contributed by atoms with van der Waals surface area (Å²) < 4.78 is 0. The minimum atomic E-state index is 1.04. The minimum Gasteiger partial charge on any atom is -0.185 e. The second kappa shape index (κ2) is 2.75. The first-order valence-corrected chi connectivity index (χ1v) is 3.63. The van der Waals surface area contributed by atoms with Crippen LogP contribution in [0.2, 0.25) is 0 Å². The minimum absolute atomic E-state index is 1.04. The third kappa shape index (κ3) is 1.36. The topological polar surface area (TPSA) is 23.8 Å². The van der Waals surface area contributed by atoms with Gasteiger partial charge in [-0.05, 0) is 36.1 Å². The largest absolute Gasteiger partial charge is 0.185 e. The van der Waals surface area contributed by atoms with E-state index in [9.17, 15) is 0 Å². The third-order valence-electron chi connectivity index (χ3n) is 1.39. The number of rotatable bonds is 1. The molecule has 0 spiro atoms. The van der Waals surface area contributed by atoms with E-state index in [1.54, 1.807) is 0 Å². The fraction of sp³-hybridized carbons (Fsp3) is 0.286. The fourth-order valence-electron chi connectivity index (χ4n) is 0.663. The molecule has 9 heavy (non-hydrogen) atoms. The number of allylic oxidation sites excluding steroid dienone is 3. The zero-order chi connectivity index (χ0) is 6.69. The van der Waals surface area contributed by atoms with Gasteiger partial charge in [-0.1, -0.05) is 11.6 Å². The van der Waals surface area contributed by atoms with E-state index in [4.69, 9.17) is 5.26 Å². The summed E-state index contributed by atoms with van der Waals surface area (Å²) in [5.74, 6) is 0. The maximum atomic E-state index is 8.17. The predicted molar refractivity (Wildman–Crippen MR) is 39.7 cm³/mol. The Balaban J connectivity index is 2.48. The van der Waals surface area contributed by atoms with E-state index >= 15 is 0 Å². The molecule has 0 saturated heterocycles. The van der Waals surface area contributed by atoms with E-state index in [0.717, 1.165) is 6.42 Å². The molecule has 0 aromatic rings. The first-order chi connectivity index (χ1) is 4.34. The average Bonchev–Trinajstić information content (AvgIpc) is 1.86. The molecule has 0 heterocycles. The van der Waals surface area contributed by atoms with Crippen molar-refractivity contribution in [1.82, 2.24) is 0 Å². The monoisotopic (exact) mass is 137 g/mol. The van der Waals surface area contributed by atoms with Crippen LogP contribution >= 0.6 is 11.8 Å². The van der Waals surface area contributed by atoms with Crippen LogP contribution in [0.15, 0.2) is 22.6 Å². The fourth-order valence-corrected chi connectivity index (χ4v) is 1.14. The summed E-state index contributed by atoms with van der Waals surface area (Å²) in [6.45, 7) is 2.06. The highest BCUT2D eigenvalue weighted by atomic mass is 32.2. The van der Waals surface area contributed by atoms with Gasteiger partial charge in [-0.2, -0.15) is 5.26 Å². The molecule has 46 valence electrons. The number of hydrogen-bond donors (Lipinski definition) is 0. The molecule has 0 aliphatic heterocycles. The highest BCUT2D eigenvalue weighted by molar-refractivity contribution is 8.06. The molecule has 0 N–H and O–H groups in total. The Morgan fingerprint density at radius 1 is 1.89 bits per heavy atom. The summed E-state index contributed by atoms with van der Waals surface area (Å²) in [6, 6.07) is 0. The lowest BCUT2D eigenvalue weighted by Crippen LogP contribution is -1.93. The molecule has 0 radical (unpaired) electrons. The van der Waals surface area contributed by atoms with Crippen LogP contribution in [0.4, 0.5) is 0 Å². The first kappa shape index (κ1) is 6.44. The van der Waals surface area contributed by atoms with Gasteiger partial charge in [-0.3, -0.25) is 0 Å². The van der Waals surface area contributed by atoms with Crippen molar-refractivity contribution in [2.24, 2.45) is 0 Å². The van der Waals surface area contributed by atoms with Crippen molar-refractivity contribution >= 4 is 11.8 Å². The highest BCUT2D eigenvalue weighted by Gasteiger charge is 2.06. The van der Waals surface area contributed by atoms with E-state index in [1.807, 2.05) is 10.8 Å². The molecule has 1 rings (SSSR count). The molecular formula is C7H7NS. The van der Waals surface area contributed by atoms with Crippen molar-refractivity contribution in [1.29, 1.82) is 5.26 Å². The van der Waals surface area contributed by atoms with Crippen molar-refractivity contribution in [2.75, 3.05) is 0 Å². The lowest BCUT2D eigenvalue weighted by molar-refractivity contribution is 1.10. The Morgan fingerprint density at radius 2 is 2.67 bits per heavy atom. The highest BCUT2D eigenvalue weighted by Crippen LogP contribution is 2.27. The smallest absolute Gasteiger partial charge is 0.137 e. The lowest BCUT2D eigenvalue weighted by Gasteiger charge is -2.13. The normalized spacial score (nSPS) is 20.4. The van der Waals surface area contributed by atoms with Gasteiger partial charge in [0, 0.05) is 0 Å². The number of hydrogen-bond acceptors (Lipinski definition) is 2. The van der Waals surface area contributed by atoms with Crippen LogP contribution in [0.5, 0.6) is 0 Å². The van der Waals surface area contributed by atoms with Crippen LogP contribution < -0.4 is 0 Å². The predicted octanol–water partition coefficient (Wildman–Crippen LogP) is 2.43. The van der Waals surface area contributed by atoms with Gasteiger partial charge in [0.2, 0.25) is 0 Å². The zero-order valence-corrected chi connectivity index (χ0v) is 6.03. The van der Waals surface area contributed by atoms with Crippen molar-refractivity contribution in [3.63, 3.8) is 0 Å². The van der Waals surface area contributed by atoms with Gasteiger partial charge in [-0.25, -0.2) is 0 Å². The second-order valence-corrected chi connectivity index (χ2v) is 2.60. The van der Waals surface area contributed by atoms with Gasteiger partial charge in [0.1, 0.15) is 5.40 Å². The van der Waals surface area contributed by atoms with E-state index in [0.29, 0.717) is 0 Å². The van der Waals surface area contributed by atoms with Crippen molar-refractivity contribution < 1.29 is 0 Å². The van der Waals surface area contributed by atoms with Gasteiger partial charge >= 0.3 is 0 Å². The summed E-state index contributed by atoms with van der Waals surface area (Å²) in [6.07, 6.45) is 3.20. The Hall–Kier alpha value is -0.680. The van der Waals surface area contributed by atoms with E-state index in [2.05, 4.69) is 13.0 Å². The summed E-state index contributed by atoms with van der Waals surface area (Å²) in [5.41, 5.74) is 2.62. The summed E-state index contributed by atoms with van der Waals surface area (Å²) in [5, 5.41) is 12.1. The number of nitrogens with zero attached hydrogens (tertiary/aromatic N) is 1. The van der Waals surface area contributed by atoms with Crippen LogP contribution in [-0.2, 0) is 0 Å². The molecule has 0 amide bonds.